The van der Waals surface area contributed by atoms with Gasteiger partial charge in [0.2, 0.25) is 0 Å². The molecule has 2 nitrogen and oxygen atoms in total. The summed E-state index contributed by atoms with van der Waals surface area (Å²) in [6.45, 7) is 17.0. The van der Waals surface area contributed by atoms with Crippen molar-refractivity contribution in [3.8, 4) is 0 Å². The van der Waals surface area contributed by atoms with Crippen molar-refractivity contribution in [2.75, 3.05) is 19.6 Å². The zero-order chi connectivity index (χ0) is 21.9. The molecule has 3 heteroatoms. The molecule has 0 fully saturated rings. The standard InChI is InChI=1S/C27H44N2S/c1-20(2)24-18-25(21(3)4)27(26(19-24)22(5)6)30-29-17-16-28-15-11-10-14-23-12-8-7-9-13-23/h7-8,13,18-22,28-29H,9-12,14-17H2,1-6H3. The maximum atomic E-state index is 3.62. The second-order valence-electron chi connectivity index (χ2n) is 9.47. The van der Waals surface area contributed by atoms with Crippen LogP contribution >= 0.6 is 11.9 Å². The van der Waals surface area contributed by atoms with Crippen LogP contribution in [-0.4, -0.2) is 19.6 Å². The number of rotatable bonds is 13. The number of hydrogen-bond donors (Lipinski definition) is 2. The van der Waals surface area contributed by atoms with Gasteiger partial charge in [-0.25, -0.2) is 0 Å². The molecule has 2 rings (SSSR count). The van der Waals surface area contributed by atoms with E-state index in [1.165, 1.54) is 47.3 Å². The van der Waals surface area contributed by atoms with Crippen molar-refractivity contribution in [1.29, 1.82) is 0 Å². The molecule has 0 spiro atoms. The van der Waals surface area contributed by atoms with Gasteiger partial charge < -0.3 is 5.32 Å². The van der Waals surface area contributed by atoms with Gasteiger partial charge in [0.1, 0.15) is 0 Å². The molecule has 0 amide bonds. The van der Waals surface area contributed by atoms with Crippen LogP contribution in [0.3, 0.4) is 0 Å². The average Bonchev–Trinajstić information content (AvgIpc) is 2.72. The van der Waals surface area contributed by atoms with Crippen LogP contribution in [0.5, 0.6) is 0 Å². The summed E-state index contributed by atoms with van der Waals surface area (Å²) >= 11 is 1.83. The average molecular weight is 429 g/mol. The summed E-state index contributed by atoms with van der Waals surface area (Å²) in [5.74, 6) is 1.65. The van der Waals surface area contributed by atoms with Crippen LogP contribution in [0.2, 0.25) is 0 Å². The molecule has 0 atom stereocenters. The Hall–Kier alpha value is -1.03. The van der Waals surface area contributed by atoms with E-state index in [2.05, 4.69) is 81.9 Å². The zero-order valence-electron chi connectivity index (χ0n) is 20.2. The van der Waals surface area contributed by atoms with Crippen molar-refractivity contribution in [3.05, 3.63) is 52.6 Å². The zero-order valence-corrected chi connectivity index (χ0v) is 21.0. The van der Waals surface area contributed by atoms with Gasteiger partial charge in [0.15, 0.2) is 0 Å². The van der Waals surface area contributed by atoms with E-state index in [1.54, 1.807) is 5.57 Å². The second kappa shape index (κ2) is 13.4. The van der Waals surface area contributed by atoms with Crippen LogP contribution in [0.15, 0.2) is 40.8 Å². The molecule has 1 aliphatic carbocycles. The molecule has 0 aromatic heterocycles. The fourth-order valence-corrected chi connectivity index (χ4v) is 5.02. The van der Waals surface area contributed by atoms with Crippen LogP contribution < -0.4 is 10.0 Å². The van der Waals surface area contributed by atoms with Crippen molar-refractivity contribution in [3.63, 3.8) is 0 Å². The summed E-state index contributed by atoms with van der Waals surface area (Å²) in [7, 11) is 0. The maximum Gasteiger partial charge on any atom is 0.0297 e. The van der Waals surface area contributed by atoms with Gasteiger partial charge >= 0.3 is 0 Å². The highest BCUT2D eigenvalue weighted by Gasteiger charge is 2.17. The van der Waals surface area contributed by atoms with Gasteiger partial charge in [-0.15, -0.1) is 0 Å². The first-order chi connectivity index (χ1) is 14.4. The van der Waals surface area contributed by atoms with E-state index in [-0.39, 0.29) is 0 Å². The molecule has 0 saturated carbocycles. The lowest BCUT2D eigenvalue weighted by molar-refractivity contribution is 0.617. The van der Waals surface area contributed by atoms with E-state index in [0.717, 1.165) is 26.1 Å². The van der Waals surface area contributed by atoms with Gasteiger partial charge in [-0.05, 0) is 85.0 Å². The molecule has 0 bridgehead atoms. The van der Waals surface area contributed by atoms with Gasteiger partial charge in [0, 0.05) is 18.0 Å². The SMILES string of the molecule is CC(C)c1cc(C(C)C)c(SNCCNCCCCC2=CCC=CC2)c(C(C)C)c1. The fraction of sp³-hybridized carbons (Fsp3) is 0.630. The summed E-state index contributed by atoms with van der Waals surface area (Å²) < 4.78 is 3.62. The number of unbranched alkanes of at least 4 members (excludes halogenated alkanes) is 1. The van der Waals surface area contributed by atoms with E-state index in [1.807, 2.05) is 11.9 Å². The lowest BCUT2D eigenvalue weighted by Gasteiger charge is -2.22. The fourth-order valence-electron chi connectivity index (χ4n) is 3.85. The van der Waals surface area contributed by atoms with Gasteiger partial charge in [0.25, 0.3) is 0 Å². The topological polar surface area (TPSA) is 24.1 Å². The predicted octanol–water partition coefficient (Wildman–Crippen LogP) is 7.69. The van der Waals surface area contributed by atoms with Crippen LogP contribution in [0.25, 0.3) is 0 Å². The minimum atomic E-state index is 0.540. The first kappa shape index (κ1) is 25.2. The second-order valence-corrected chi connectivity index (χ2v) is 10.4. The molecule has 0 heterocycles. The van der Waals surface area contributed by atoms with Gasteiger partial charge in [-0.2, -0.15) is 0 Å². The van der Waals surface area contributed by atoms with Gasteiger partial charge in [-0.1, -0.05) is 77.5 Å². The Morgan fingerprint density at radius 3 is 2.10 bits per heavy atom. The van der Waals surface area contributed by atoms with Crippen molar-refractivity contribution in [1.82, 2.24) is 10.0 Å². The Bertz CT molecular complexity index is 672. The highest BCUT2D eigenvalue weighted by Crippen LogP contribution is 2.37. The smallest absolute Gasteiger partial charge is 0.0297 e. The summed E-state index contributed by atoms with van der Waals surface area (Å²) in [4.78, 5) is 1.44. The van der Waals surface area contributed by atoms with Crippen LogP contribution in [0.4, 0.5) is 0 Å². The quantitative estimate of drug-likeness (QED) is 0.191. The lowest BCUT2D eigenvalue weighted by atomic mass is 9.89. The monoisotopic (exact) mass is 428 g/mol. The Morgan fingerprint density at radius 1 is 0.833 bits per heavy atom. The molecule has 1 aliphatic rings. The van der Waals surface area contributed by atoms with Gasteiger partial charge in [-0.3, -0.25) is 4.72 Å². The minimum absolute atomic E-state index is 0.540. The summed E-state index contributed by atoms with van der Waals surface area (Å²) in [5.41, 5.74) is 6.07. The largest absolute Gasteiger partial charge is 0.315 e. The highest BCUT2D eigenvalue weighted by atomic mass is 32.2. The maximum absolute atomic E-state index is 3.62. The Morgan fingerprint density at radius 2 is 1.53 bits per heavy atom. The Labute approximate surface area is 190 Å². The van der Waals surface area contributed by atoms with E-state index in [4.69, 9.17) is 0 Å². The van der Waals surface area contributed by atoms with Crippen LogP contribution in [-0.2, 0) is 0 Å². The van der Waals surface area contributed by atoms with Crippen molar-refractivity contribution in [2.45, 2.75) is 96.3 Å². The van der Waals surface area contributed by atoms with E-state index < -0.39 is 0 Å². The highest BCUT2D eigenvalue weighted by molar-refractivity contribution is 7.97. The molecule has 0 saturated heterocycles. The minimum Gasteiger partial charge on any atom is -0.315 e. The van der Waals surface area contributed by atoms with Crippen molar-refractivity contribution < 1.29 is 0 Å². The summed E-state index contributed by atoms with van der Waals surface area (Å²) in [5, 5.41) is 3.60. The summed E-state index contributed by atoms with van der Waals surface area (Å²) in [6.07, 6.45) is 13.1. The number of benzene rings is 1. The normalized spacial score (nSPS) is 14.2. The van der Waals surface area contributed by atoms with Crippen LogP contribution in [0.1, 0.15) is 108 Å². The predicted molar refractivity (Wildman–Crippen MR) is 136 cm³/mol. The molecule has 1 aromatic carbocycles. The molecule has 0 unspecified atom stereocenters. The molecule has 0 radical (unpaired) electrons. The third kappa shape index (κ3) is 8.24. The Balaban J connectivity index is 1.75. The molecule has 30 heavy (non-hydrogen) atoms. The molecular weight excluding hydrogens is 384 g/mol. The van der Waals surface area contributed by atoms with Gasteiger partial charge in [0.05, 0.1) is 0 Å². The van der Waals surface area contributed by atoms with E-state index in [9.17, 15) is 0 Å². The number of nitrogens with one attached hydrogen (secondary N) is 2. The molecule has 0 aliphatic heterocycles. The van der Waals surface area contributed by atoms with E-state index in [0.29, 0.717) is 17.8 Å². The van der Waals surface area contributed by atoms with E-state index >= 15 is 0 Å². The third-order valence-electron chi connectivity index (χ3n) is 5.85. The van der Waals surface area contributed by atoms with Crippen LogP contribution in [0, 0.1) is 0 Å². The van der Waals surface area contributed by atoms with Crippen molar-refractivity contribution in [2.24, 2.45) is 0 Å². The third-order valence-corrected chi connectivity index (χ3v) is 6.87. The summed E-state index contributed by atoms with van der Waals surface area (Å²) in [6, 6.07) is 4.86. The molecule has 2 N–H and O–H groups in total. The molecular formula is C27H44N2S. The molecule has 1 aromatic rings. The first-order valence-electron chi connectivity index (χ1n) is 12.0. The number of allylic oxidation sites excluding steroid dienone is 4. The van der Waals surface area contributed by atoms with Crippen molar-refractivity contribution >= 4 is 11.9 Å². The lowest BCUT2D eigenvalue weighted by Crippen LogP contribution is -2.25. The number of hydrogen-bond acceptors (Lipinski definition) is 3. The first-order valence-corrected chi connectivity index (χ1v) is 12.8. The Kier molecular flexibility index (Phi) is 11.3. The molecule has 168 valence electrons.